The molecule has 5 rings (SSSR count). The Hall–Kier alpha value is -1.28. The molecule has 0 aromatic rings. The minimum atomic E-state index is -0.933. The Kier molecular flexibility index (Phi) is 6.20. The third-order valence-electron chi connectivity index (χ3n) is 9.12. The third kappa shape index (κ3) is 4.06. The van der Waals surface area contributed by atoms with Crippen molar-refractivity contribution in [2.24, 2.45) is 11.8 Å². The van der Waals surface area contributed by atoms with Crippen molar-refractivity contribution in [1.29, 1.82) is 0 Å². The maximum absolute atomic E-state index is 14.7. The van der Waals surface area contributed by atoms with Crippen molar-refractivity contribution in [3.63, 3.8) is 0 Å². The molecule has 2 N–H and O–H groups in total. The lowest BCUT2D eigenvalue weighted by Crippen LogP contribution is -2.53. The van der Waals surface area contributed by atoms with Crippen LogP contribution in [0.1, 0.15) is 65.2 Å². The van der Waals surface area contributed by atoms with Crippen LogP contribution in [0.25, 0.3) is 0 Å². The molecular formula is C24H38F2N4O2. The Morgan fingerprint density at radius 3 is 2.50 bits per heavy atom. The van der Waals surface area contributed by atoms with E-state index in [2.05, 4.69) is 22.5 Å². The van der Waals surface area contributed by atoms with Crippen molar-refractivity contribution in [2.45, 2.75) is 114 Å². The molecule has 2 saturated carbocycles. The average Bonchev–Trinajstić information content (AvgIpc) is 3.44. The predicted molar refractivity (Wildman–Crippen MR) is 117 cm³/mol. The van der Waals surface area contributed by atoms with Crippen molar-refractivity contribution in [1.82, 2.24) is 20.4 Å². The van der Waals surface area contributed by atoms with Gasteiger partial charge >= 0.3 is 0 Å². The first-order chi connectivity index (χ1) is 15.3. The summed E-state index contributed by atoms with van der Waals surface area (Å²) in [6.07, 6.45) is 3.72. The van der Waals surface area contributed by atoms with Crippen LogP contribution in [-0.2, 0) is 9.59 Å². The molecule has 2 amide bonds. The summed E-state index contributed by atoms with van der Waals surface area (Å²) in [6.45, 7) is 5.45. The number of nitrogens with one attached hydrogen (secondary N) is 2. The van der Waals surface area contributed by atoms with E-state index in [0.717, 1.165) is 38.8 Å². The van der Waals surface area contributed by atoms with Gasteiger partial charge in [0.2, 0.25) is 11.8 Å². The van der Waals surface area contributed by atoms with Crippen molar-refractivity contribution in [3.05, 3.63) is 0 Å². The molecule has 0 spiro atoms. The summed E-state index contributed by atoms with van der Waals surface area (Å²) in [5.74, 6) is 0.323. The monoisotopic (exact) mass is 452 g/mol. The van der Waals surface area contributed by atoms with Crippen LogP contribution in [0.2, 0.25) is 0 Å². The number of alkyl halides is 2. The van der Waals surface area contributed by atoms with Gasteiger partial charge in [0.25, 0.3) is 0 Å². The molecular weight excluding hydrogens is 414 g/mol. The van der Waals surface area contributed by atoms with Gasteiger partial charge in [0.05, 0.1) is 6.04 Å². The lowest BCUT2D eigenvalue weighted by molar-refractivity contribution is -0.129. The summed E-state index contributed by atoms with van der Waals surface area (Å²) in [4.78, 5) is 29.3. The standard InChI is InChI=1S/C24H38F2N4O2/c1-13-3-4-19(26)18-12-20(28-23(13)18)24(32)27-16-9-15(25)10-17(11-16)30-8-6-21-22(30)5-7-29(21)14(2)31/h13,15-23,28H,3-12H2,1-2H3,(H,27,32)/t13?,15?,16?,17?,18?,19?,20?,21-,22-,23?/m1/s1. The maximum Gasteiger partial charge on any atom is 0.237 e. The van der Waals surface area contributed by atoms with Gasteiger partial charge in [0.1, 0.15) is 12.3 Å². The summed E-state index contributed by atoms with van der Waals surface area (Å²) >= 11 is 0. The van der Waals surface area contributed by atoms with Gasteiger partial charge in [-0.1, -0.05) is 6.92 Å². The first-order valence-electron chi connectivity index (χ1n) is 12.7. The number of hydrogen-bond donors (Lipinski definition) is 2. The van der Waals surface area contributed by atoms with Gasteiger partial charge in [0, 0.05) is 56.1 Å². The second-order valence-electron chi connectivity index (χ2n) is 11.0. The Bertz CT molecular complexity index is 721. The van der Waals surface area contributed by atoms with Crippen molar-refractivity contribution in [2.75, 3.05) is 13.1 Å². The van der Waals surface area contributed by atoms with Gasteiger partial charge in [0.15, 0.2) is 0 Å². The number of nitrogens with zero attached hydrogens (tertiary/aromatic N) is 2. The first kappa shape index (κ1) is 22.5. The zero-order chi connectivity index (χ0) is 22.6. The fraction of sp³-hybridized carbons (Fsp3) is 0.917. The molecule has 2 aliphatic carbocycles. The molecule has 8 unspecified atom stereocenters. The van der Waals surface area contributed by atoms with Crippen LogP contribution >= 0.6 is 0 Å². The highest BCUT2D eigenvalue weighted by Gasteiger charge is 2.49. The molecule has 5 aliphatic rings. The van der Waals surface area contributed by atoms with E-state index in [-0.39, 0.29) is 47.9 Å². The summed E-state index contributed by atoms with van der Waals surface area (Å²) in [6, 6.07) is 0.160. The van der Waals surface area contributed by atoms with E-state index in [9.17, 15) is 18.4 Å². The highest BCUT2D eigenvalue weighted by molar-refractivity contribution is 5.82. The van der Waals surface area contributed by atoms with Crippen LogP contribution in [0.5, 0.6) is 0 Å². The molecule has 32 heavy (non-hydrogen) atoms. The summed E-state index contributed by atoms with van der Waals surface area (Å²) in [5.41, 5.74) is 0. The largest absolute Gasteiger partial charge is 0.352 e. The van der Waals surface area contributed by atoms with E-state index in [1.54, 1.807) is 6.92 Å². The van der Waals surface area contributed by atoms with Gasteiger partial charge in [-0.15, -0.1) is 0 Å². The summed E-state index contributed by atoms with van der Waals surface area (Å²) in [7, 11) is 0. The number of rotatable bonds is 3. The molecule has 0 aromatic heterocycles. The SMILES string of the molecule is CC(=O)N1CC[C@@H]2[C@H]1CCN2C1CC(F)CC(NC(=O)C2CC3C(F)CCC(C)C3N2)C1. The highest BCUT2D eigenvalue weighted by atomic mass is 19.1. The lowest BCUT2D eigenvalue weighted by Gasteiger charge is -2.40. The molecule has 0 aromatic carbocycles. The molecule has 6 nitrogen and oxygen atoms in total. The maximum atomic E-state index is 14.7. The van der Waals surface area contributed by atoms with E-state index >= 15 is 0 Å². The number of carbonyl (C=O) groups excluding carboxylic acids is 2. The quantitative estimate of drug-likeness (QED) is 0.689. The Balaban J connectivity index is 1.19. The van der Waals surface area contributed by atoms with E-state index in [1.807, 2.05) is 4.90 Å². The summed E-state index contributed by atoms with van der Waals surface area (Å²) in [5, 5.41) is 6.51. The normalized spacial score (nSPS) is 46.7. The minimum absolute atomic E-state index is 0.0654. The van der Waals surface area contributed by atoms with E-state index < -0.39 is 12.3 Å². The number of halogens is 2. The Morgan fingerprint density at radius 1 is 0.969 bits per heavy atom. The van der Waals surface area contributed by atoms with Crippen LogP contribution in [0.15, 0.2) is 0 Å². The van der Waals surface area contributed by atoms with E-state index in [1.165, 1.54) is 0 Å². The Morgan fingerprint density at radius 2 is 1.75 bits per heavy atom. The topological polar surface area (TPSA) is 64.7 Å². The highest BCUT2D eigenvalue weighted by Crippen LogP contribution is 2.39. The van der Waals surface area contributed by atoms with Crippen molar-refractivity contribution in [3.8, 4) is 0 Å². The third-order valence-corrected chi connectivity index (χ3v) is 9.12. The fourth-order valence-electron chi connectivity index (χ4n) is 7.58. The van der Waals surface area contributed by atoms with Crippen LogP contribution in [0.3, 0.4) is 0 Å². The van der Waals surface area contributed by atoms with Crippen LogP contribution < -0.4 is 10.6 Å². The number of amides is 2. The zero-order valence-corrected chi connectivity index (χ0v) is 19.3. The second kappa shape index (κ2) is 8.82. The smallest absolute Gasteiger partial charge is 0.237 e. The molecule has 0 bridgehead atoms. The van der Waals surface area contributed by atoms with Gasteiger partial charge in [-0.2, -0.15) is 0 Å². The predicted octanol–water partition coefficient (Wildman–Crippen LogP) is 2.17. The van der Waals surface area contributed by atoms with Crippen molar-refractivity contribution < 1.29 is 18.4 Å². The van der Waals surface area contributed by atoms with Gasteiger partial charge in [-0.3, -0.25) is 14.5 Å². The molecule has 0 radical (unpaired) electrons. The molecule has 3 saturated heterocycles. The number of fused-ring (bicyclic) bond motifs is 2. The van der Waals surface area contributed by atoms with Crippen LogP contribution in [0.4, 0.5) is 8.78 Å². The zero-order valence-electron chi connectivity index (χ0n) is 19.3. The molecule has 3 heterocycles. The number of hydrogen-bond acceptors (Lipinski definition) is 4. The average molecular weight is 453 g/mol. The molecule has 5 fully saturated rings. The molecule has 3 aliphatic heterocycles. The fourth-order valence-corrected chi connectivity index (χ4v) is 7.58. The van der Waals surface area contributed by atoms with Gasteiger partial charge < -0.3 is 15.5 Å². The van der Waals surface area contributed by atoms with Gasteiger partial charge in [-0.25, -0.2) is 8.78 Å². The van der Waals surface area contributed by atoms with Gasteiger partial charge in [-0.05, 0) is 57.3 Å². The molecule has 10 atom stereocenters. The Labute approximate surface area is 189 Å². The number of carbonyl (C=O) groups is 2. The van der Waals surface area contributed by atoms with Crippen LogP contribution in [-0.4, -0.2) is 83.3 Å². The molecule has 8 heteroatoms. The minimum Gasteiger partial charge on any atom is -0.352 e. The lowest BCUT2D eigenvalue weighted by atomic mass is 9.77. The first-order valence-corrected chi connectivity index (χ1v) is 12.7. The number of likely N-dealkylation sites (tertiary alicyclic amines) is 2. The van der Waals surface area contributed by atoms with Crippen molar-refractivity contribution >= 4 is 11.8 Å². The second-order valence-corrected chi connectivity index (χ2v) is 11.0. The van der Waals surface area contributed by atoms with Crippen LogP contribution in [0, 0.1) is 11.8 Å². The summed E-state index contributed by atoms with van der Waals surface area (Å²) < 4.78 is 29.2. The van der Waals surface area contributed by atoms with E-state index in [4.69, 9.17) is 0 Å². The van der Waals surface area contributed by atoms with E-state index in [0.29, 0.717) is 37.6 Å². The molecule has 180 valence electrons.